The zero-order valence-corrected chi connectivity index (χ0v) is 8.00. The van der Waals surface area contributed by atoms with Gasteiger partial charge in [0.2, 0.25) is 0 Å². The maximum atomic E-state index is 2.48. The first-order chi connectivity index (χ1) is 5.86. The molecule has 0 aromatic heterocycles. The third-order valence-electron chi connectivity index (χ3n) is 3.25. The van der Waals surface area contributed by atoms with E-state index < -0.39 is 0 Å². The quantitative estimate of drug-likeness (QED) is 0.498. The molecule has 68 valence electrons. The van der Waals surface area contributed by atoms with Crippen molar-refractivity contribution in [1.82, 2.24) is 4.90 Å². The Morgan fingerprint density at radius 2 is 2.17 bits per heavy atom. The maximum Gasteiger partial charge on any atom is 0.00445 e. The summed E-state index contributed by atoms with van der Waals surface area (Å²) < 4.78 is 0. The molecule has 2 aliphatic rings. The van der Waals surface area contributed by atoms with Crippen molar-refractivity contribution in [2.24, 2.45) is 11.8 Å². The molecule has 1 fully saturated rings. The molecule has 0 spiro atoms. The van der Waals surface area contributed by atoms with Gasteiger partial charge in [-0.05, 0) is 38.1 Å². The van der Waals surface area contributed by atoms with Crippen LogP contribution in [-0.2, 0) is 0 Å². The highest BCUT2D eigenvalue weighted by molar-refractivity contribution is 4.98. The van der Waals surface area contributed by atoms with Crippen LogP contribution in [0.25, 0.3) is 0 Å². The molecule has 0 radical (unpaired) electrons. The molecule has 0 N–H and O–H groups in total. The van der Waals surface area contributed by atoms with Crippen LogP contribution in [0.2, 0.25) is 0 Å². The molecule has 1 aliphatic heterocycles. The van der Waals surface area contributed by atoms with Gasteiger partial charge in [0, 0.05) is 13.1 Å². The monoisotopic (exact) mass is 165 g/mol. The van der Waals surface area contributed by atoms with Gasteiger partial charge in [-0.25, -0.2) is 0 Å². The van der Waals surface area contributed by atoms with E-state index in [2.05, 4.69) is 24.1 Å². The highest BCUT2D eigenvalue weighted by Gasteiger charge is 2.28. The molecule has 1 saturated heterocycles. The Hall–Kier alpha value is -0.300. The highest BCUT2D eigenvalue weighted by Crippen LogP contribution is 2.29. The van der Waals surface area contributed by atoms with Gasteiger partial charge in [-0.1, -0.05) is 18.6 Å². The fourth-order valence-corrected chi connectivity index (χ4v) is 2.58. The van der Waals surface area contributed by atoms with Crippen molar-refractivity contribution in [1.29, 1.82) is 0 Å². The molecule has 0 bridgehead atoms. The van der Waals surface area contributed by atoms with E-state index in [9.17, 15) is 0 Å². The van der Waals surface area contributed by atoms with Gasteiger partial charge in [-0.15, -0.1) is 0 Å². The summed E-state index contributed by atoms with van der Waals surface area (Å²) in [6.07, 6.45) is 10.5. The summed E-state index contributed by atoms with van der Waals surface area (Å²) >= 11 is 0. The normalized spacial score (nSPS) is 40.1. The van der Waals surface area contributed by atoms with Crippen molar-refractivity contribution >= 4 is 0 Å². The molecule has 0 aromatic rings. The second kappa shape index (κ2) is 3.61. The molecule has 1 heterocycles. The topological polar surface area (TPSA) is 3.24 Å². The fraction of sp³-hybridized carbons (Fsp3) is 0.818. The minimum atomic E-state index is 0.871. The lowest BCUT2D eigenvalue weighted by atomic mass is 9.88. The van der Waals surface area contributed by atoms with Gasteiger partial charge < -0.3 is 4.90 Å². The zero-order valence-electron chi connectivity index (χ0n) is 8.00. The lowest BCUT2D eigenvalue weighted by Crippen LogP contribution is -2.13. The highest BCUT2D eigenvalue weighted by atomic mass is 15.1. The van der Waals surface area contributed by atoms with Crippen molar-refractivity contribution in [2.75, 3.05) is 20.1 Å². The van der Waals surface area contributed by atoms with Crippen LogP contribution < -0.4 is 0 Å². The van der Waals surface area contributed by atoms with E-state index in [1.807, 2.05) is 0 Å². The van der Waals surface area contributed by atoms with Crippen LogP contribution in [0, 0.1) is 11.8 Å². The van der Waals surface area contributed by atoms with Gasteiger partial charge in [0.25, 0.3) is 0 Å². The third-order valence-corrected chi connectivity index (χ3v) is 3.25. The molecule has 0 saturated carbocycles. The number of hydrogen-bond acceptors (Lipinski definition) is 1. The number of fused-ring (bicyclic) bond motifs is 1. The summed E-state index contributed by atoms with van der Waals surface area (Å²) in [5.41, 5.74) is 0. The Labute approximate surface area is 75.4 Å². The maximum absolute atomic E-state index is 2.48. The molecule has 2 atom stereocenters. The van der Waals surface area contributed by atoms with Crippen molar-refractivity contribution in [3.63, 3.8) is 0 Å². The average molecular weight is 165 g/mol. The molecule has 1 aliphatic carbocycles. The number of likely N-dealkylation sites (tertiary alicyclic amines) is 1. The summed E-state index contributed by atoms with van der Waals surface area (Å²) in [6, 6.07) is 0. The van der Waals surface area contributed by atoms with Crippen molar-refractivity contribution in [2.45, 2.75) is 25.7 Å². The van der Waals surface area contributed by atoms with Crippen LogP contribution in [0.5, 0.6) is 0 Å². The first-order valence-electron chi connectivity index (χ1n) is 5.21. The average Bonchev–Trinajstić information content (AvgIpc) is 2.32. The van der Waals surface area contributed by atoms with E-state index in [0.29, 0.717) is 0 Å². The van der Waals surface area contributed by atoms with Crippen molar-refractivity contribution in [3.05, 3.63) is 12.2 Å². The Morgan fingerprint density at radius 1 is 1.25 bits per heavy atom. The van der Waals surface area contributed by atoms with Crippen LogP contribution >= 0.6 is 0 Å². The van der Waals surface area contributed by atoms with Crippen molar-refractivity contribution < 1.29 is 0 Å². The van der Waals surface area contributed by atoms with Gasteiger partial charge in [0.1, 0.15) is 0 Å². The Kier molecular flexibility index (Phi) is 2.50. The summed E-state index contributed by atoms with van der Waals surface area (Å²) in [5.74, 6) is 1.84. The second-order valence-electron chi connectivity index (χ2n) is 4.36. The SMILES string of the molecule is CN1CC2/C=C/CCCC[C@H]2C1. The van der Waals surface area contributed by atoms with Crippen LogP contribution in [0.1, 0.15) is 25.7 Å². The first-order valence-corrected chi connectivity index (χ1v) is 5.21. The second-order valence-corrected chi connectivity index (χ2v) is 4.36. The smallest absolute Gasteiger partial charge is 0.00445 e. The molecule has 1 unspecified atom stereocenters. The molecular formula is C11H19N. The van der Waals surface area contributed by atoms with E-state index in [0.717, 1.165) is 11.8 Å². The van der Waals surface area contributed by atoms with E-state index in [-0.39, 0.29) is 0 Å². The fourth-order valence-electron chi connectivity index (χ4n) is 2.58. The Balaban J connectivity index is 2.02. The van der Waals surface area contributed by atoms with Gasteiger partial charge in [-0.2, -0.15) is 0 Å². The van der Waals surface area contributed by atoms with Crippen molar-refractivity contribution in [3.8, 4) is 0 Å². The standard InChI is InChI=1S/C11H19N/c1-12-8-10-6-4-2-3-5-7-11(10)9-12/h4,6,10-11H,2-3,5,7-9H2,1H3/b6-4+/t10?,11-/m0/s1. The lowest BCUT2D eigenvalue weighted by Gasteiger charge is -2.16. The van der Waals surface area contributed by atoms with Crippen LogP contribution in [0.15, 0.2) is 12.2 Å². The van der Waals surface area contributed by atoms with Crippen LogP contribution in [0.4, 0.5) is 0 Å². The summed E-state index contributed by atoms with van der Waals surface area (Å²) in [5, 5.41) is 0. The van der Waals surface area contributed by atoms with Gasteiger partial charge in [0.05, 0.1) is 0 Å². The van der Waals surface area contributed by atoms with E-state index in [1.54, 1.807) is 0 Å². The molecule has 0 aromatic carbocycles. The molecule has 12 heavy (non-hydrogen) atoms. The van der Waals surface area contributed by atoms with Gasteiger partial charge in [0.15, 0.2) is 0 Å². The van der Waals surface area contributed by atoms with E-state index in [1.165, 1.54) is 38.8 Å². The van der Waals surface area contributed by atoms with Gasteiger partial charge in [-0.3, -0.25) is 0 Å². The first kappa shape index (κ1) is 8.31. The van der Waals surface area contributed by atoms with E-state index >= 15 is 0 Å². The summed E-state index contributed by atoms with van der Waals surface area (Å²) in [7, 11) is 2.25. The Bertz CT molecular complexity index is 174. The predicted octanol–water partition coefficient (Wildman–Crippen LogP) is 2.29. The molecular weight excluding hydrogens is 146 g/mol. The van der Waals surface area contributed by atoms with Crippen LogP contribution in [-0.4, -0.2) is 25.0 Å². The lowest BCUT2D eigenvalue weighted by molar-refractivity contribution is 0.381. The minimum Gasteiger partial charge on any atom is -0.305 e. The van der Waals surface area contributed by atoms with Gasteiger partial charge >= 0.3 is 0 Å². The minimum absolute atomic E-state index is 0.871. The largest absolute Gasteiger partial charge is 0.305 e. The summed E-state index contributed by atoms with van der Waals surface area (Å²) in [6.45, 7) is 2.62. The number of rotatable bonds is 0. The molecule has 2 rings (SSSR count). The number of nitrogens with zero attached hydrogens (tertiary/aromatic N) is 1. The summed E-state index contributed by atoms with van der Waals surface area (Å²) in [4.78, 5) is 2.48. The Morgan fingerprint density at radius 3 is 3.08 bits per heavy atom. The third kappa shape index (κ3) is 1.71. The molecule has 1 heteroatoms. The van der Waals surface area contributed by atoms with E-state index in [4.69, 9.17) is 0 Å². The zero-order chi connectivity index (χ0) is 8.39. The number of allylic oxidation sites excluding steroid dienone is 1. The molecule has 1 nitrogen and oxygen atoms in total. The van der Waals surface area contributed by atoms with Crippen LogP contribution in [0.3, 0.4) is 0 Å². The number of hydrogen-bond donors (Lipinski definition) is 0. The predicted molar refractivity (Wildman–Crippen MR) is 52.1 cm³/mol. The molecule has 0 amide bonds.